The van der Waals surface area contributed by atoms with Crippen LogP contribution < -0.4 is 4.74 Å². The molecule has 0 bridgehead atoms. The van der Waals surface area contributed by atoms with Crippen LogP contribution in [0.5, 0.6) is 5.75 Å². The van der Waals surface area contributed by atoms with Crippen LogP contribution in [-0.4, -0.2) is 39.9 Å². The number of ether oxygens (including phenoxy) is 1. The van der Waals surface area contributed by atoms with Crippen LogP contribution in [0.3, 0.4) is 0 Å². The SMILES string of the molecule is COc1ccc(C2C(C(=O)c3cccs3)=C(O)C(=O)N2Cc2ccc(C(=O)O)cc2)cc1. The third-order valence-electron chi connectivity index (χ3n) is 5.28. The maximum Gasteiger partial charge on any atom is 0.335 e. The number of methoxy groups -OCH3 is 1. The Bertz CT molecular complexity index is 1200. The number of aliphatic hydroxyl groups is 1. The number of ketones is 1. The fraction of sp³-hybridized carbons (Fsp3) is 0.125. The predicted octanol–water partition coefficient (Wildman–Crippen LogP) is 4.23. The molecule has 8 heteroatoms. The number of carbonyl (C=O) groups is 3. The van der Waals surface area contributed by atoms with Gasteiger partial charge in [-0.2, -0.15) is 0 Å². The van der Waals surface area contributed by atoms with Crippen molar-refractivity contribution >= 4 is 29.0 Å². The Labute approximate surface area is 187 Å². The molecule has 0 saturated heterocycles. The van der Waals surface area contributed by atoms with Crippen molar-refractivity contribution in [2.24, 2.45) is 0 Å². The number of benzene rings is 2. The summed E-state index contributed by atoms with van der Waals surface area (Å²) >= 11 is 1.23. The third-order valence-corrected chi connectivity index (χ3v) is 6.15. The quantitative estimate of drug-likeness (QED) is 0.523. The van der Waals surface area contributed by atoms with E-state index in [4.69, 9.17) is 9.84 Å². The van der Waals surface area contributed by atoms with E-state index in [1.54, 1.807) is 61.0 Å². The summed E-state index contributed by atoms with van der Waals surface area (Å²) in [6, 6.07) is 15.6. The number of thiophene rings is 1. The van der Waals surface area contributed by atoms with E-state index in [1.807, 2.05) is 0 Å². The summed E-state index contributed by atoms with van der Waals surface area (Å²) in [5.41, 5.74) is 1.46. The van der Waals surface area contributed by atoms with Crippen LogP contribution in [0.15, 0.2) is 77.4 Å². The van der Waals surface area contributed by atoms with E-state index >= 15 is 0 Å². The molecule has 3 aromatic rings. The first-order valence-corrected chi connectivity index (χ1v) is 10.6. The van der Waals surface area contributed by atoms with Crippen molar-refractivity contribution in [1.82, 2.24) is 4.90 Å². The lowest BCUT2D eigenvalue weighted by molar-refractivity contribution is -0.130. The molecule has 1 aliphatic rings. The summed E-state index contributed by atoms with van der Waals surface area (Å²) in [5.74, 6) is -2.07. The van der Waals surface area contributed by atoms with Crippen LogP contribution in [0.2, 0.25) is 0 Å². The molecule has 0 aliphatic carbocycles. The minimum atomic E-state index is -1.05. The Kier molecular flexibility index (Phi) is 5.79. The van der Waals surface area contributed by atoms with E-state index < -0.39 is 29.5 Å². The number of carbonyl (C=O) groups excluding carboxylic acids is 2. The summed E-state index contributed by atoms with van der Waals surface area (Å²) in [6.45, 7) is 0.0840. The number of rotatable bonds is 7. The van der Waals surface area contributed by atoms with E-state index in [9.17, 15) is 19.5 Å². The molecule has 1 atom stereocenters. The number of carboxylic acids is 1. The van der Waals surface area contributed by atoms with Crippen molar-refractivity contribution in [2.45, 2.75) is 12.6 Å². The maximum atomic E-state index is 13.2. The van der Waals surface area contributed by atoms with Gasteiger partial charge in [-0.05, 0) is 46.8 Å². The van der Waals surface area contributed by atoms with E-state index in [0.29, 0.717) is 21.8 Å². The van der Waals surface area contributed by atoms with Gasteiger partial charge in [0.05, 0.1) is 29.2 Å². The molecule has 0 fully saturated rings. The highest BCUT2D eigenvalue weighted by atomic mass is 32.1. The molecule has 1 unspecified atom stereocenters. The first-order chi connectivity index (χ1) is 15.4. The average Bonchev–Trinajstić information content (AvgIpc) is 3.42. The van der Waals surface area contributed by atoms with Crippen LogP contribution in [0.4, 0.5) is 0 Å². The number of Topliss-reactive ketones (excluding diaryl/α,β-unsaturated/α-hetero) is 1. The maximum absolute atomic E-state index is 13.2. The molecular weight excluding hydrogens is 430 g/mol. The molecule has 2 N–H and O–H groups in total. The fourth-order valence-corrected chi connectivity index (χ4v) is 4.35. The van der Waals surface area contributed by atoms with E-state index in [1.165, 1.54) is 28.4 Å². The van der Waals surface area contributed by atoms with Crippen LogP contribution in [0.1, 0.15) is 37.2 Å². The summed E-state index contributed by atoms with van der Waals surface area (Å²) in [5, 5.41) is 21.6. The lowest BCUT2D eigenvalue weighted by atomic mass is 9.95. The van der Waals surface area contributed by atoms with Crippen molar-refractivity contribution in [3.8, 4) is 5.75 Å². The number of aliphatic hydroxyl groups excluding tert-OH is 1. The van der Waals surface area contributed by atoms with Gasteiger partial charge in [-0.25, -0.2) is 4.79 Å². The van der Waals surface area contributed by atoms with E-state index in [-0.39, 0.29) is 17.7 Å². The summed E-state index contributed by atoms with van der Waals surface area (Å²) in [4.78, 5) is 39.2. The lowest BCUT2D eigenvalue weighted by Gasteiger charge is -2.27. The number of aromatic carboxylic acids is 1. The molecule has 1 aliphatic heterocycles. The monoisotopic (exact) mass is 449 g/mol. The van der Waals surface area contributed by atoms with Crippen LogP contribution in [0.25, 0.3) is 0 Å². The molecule has 2 heterocycles. The smallest absolute Gasteiger partial charge is 0.335 e. The Morgan fingerprint density at radius 1 is 1.06 bits per heavy atom. The van der Waals surface area contributed by atoms with E-state index in [0.717, 1.165) is 0 Å². The van der Waals surface area contributed by atoms with Crippen molar-refractivity contribution in [1.29, 1.82) is 0 Å². The van der Waals surface area contributed by atoms with Crippen molar-refractivity contribution < 1.29 is 29.3 Å². The molecule has 162 valence electrons. The van der Waals surface area contributed by atoms with E-state index in [2.05, 4.69) is 0 Å². The molecule has 1 amide bonds. The minimum absolute atomic E-state index is 0.0183. The number of hydrogen-bond donors (Lipinski definition) is 2. The van der Waals surface area contributed by atoms with Gasteiger partial charge in [-0.1, -0.05) is 30.3 Å². The largest absolute Gasteiger partial charge is 0.503 e. The fourth-order valence-electron chi connectivity index (χ4n) is 3.67. The molecule has 7 nitrogen and oxygen atoms in total. The van der Waals surface area contributed by atoms with Crippen LogP contribution >= 0.6 is 11.3 Å². The van der Waals surface area contributed by atoms with Gasteiger partial charge in [0.25, 0.3) is 5.91 Å². The summed E-state index contributed by atoms with van der Waals surface area (Å²) in [7, 11) is 1.54. The number of nitrogens with zero attached hydrogens (tertiary/aromatic N) is 1. The normalized spacial score (nSPS) is 15.8. The molecule has 2 aromatic carbocycles. The van der Waals surface area contributed by atoms with Gasteiger partial charge in [-0.3, -0.25) is 9.59 Å². The number of carboxylic acid groups (broad SMARTS) is 1. The molecule has 0 saturated carbocycles. The Morgan fingerprint density at radius 3 is 2.31 bits per heavy atom. The third kappa shape index (κ3) is 3.88. The topological polar surface area (TPSA) is 104 Å². The van der Waals surface area contributed by atoms with Crippen molar-refractivity contribution in [3.63, 3.8) is 0 Å². The van der Waals surface area contributed by atoms with Gasteiger partial charge in [0.15, 0.2) is 5.76 Å². The second-order valence-electron chi connectivity index (χ2n) is 7.18. The van der Waals surface area contributed by atoms with Crippen molar-refractivity contribution in [2.75, 3.05) is 7.11 Å². The summed E-state index contributed by atoms with van der Waals surface area (Å²) in [6.07, 6.45) is 0. The highest BCUT2D eigenvalue weighted by Gasteiger charge is 2.44. The standard InChI is InChI=1S/C24H19NO6S/c1-31-17-10-8-15(9-11-17)20-19(21(26)18-3-2-12-32-18)22(27)23(28)25(20)13-14-4-6-16(7-5-14)24(29)30/h2-12,20,27H,13H2,1H3,(H,29,30). The molecular formula is C24H19NO6S. The molecule has 32 heavy (non-hydrogen) atoms. The predicted molar refractivity (Wildman–Crippen MR) is 118 cm³/mol. The molecule has 4 rings (SSSR count). The number of amides is 1. The number of hydrogen-bond acceptors (Lipinski definition) is 6. The second kappa shape index (κ2) is 8.68. The van der Waals surface area contributed by atoms with Crippen molar-refractivity contribution in [3.05, 3.63) is 98.9 Å². The van der Waals surface area contributed by atoms with Gasteiger partial charge in [0.1, 0.15) is 5.75 Å². The first-order valence-electron chi connectivity index (χ1n) is 9.69. The Balaban J connectivity index is 1.75. The van der Waals surface area contributed by atoms with Gasteiger partial charge >= 0.3 is 5.97 Å². The lowest BCUT2D eigenvalue weighted by Crippen LogP contribution is -2.30. The Morgan fingerprint density at radius 2 is 1.75 bits per heavy atom. The highest BCUT2D eigenvalue weighted by Crippen LogP contribution is 2.40. The highest BCUT2D eigenvalue weighted by molar-refractivity contribution is 7.12. The van der Waals surface area contributed by atoms with Gasteiger partial charge in [0, 0.05) is 6.54 Å². The zero-order valence-electron chi connectivity index (χ0n) is 17.0. The van der Waals surface area contributed by atoms with Crippen LogP contribution in [-0.2, 0) is 11.3 Å². The van der Waals surface area contributed by atoms with Gasteiger partial charge in [0.2, 0.25) is 5.78 Å². The zero-order valence-corrected chi connectivity index (χ0v) is 17.8. The molecule has 0 radical (unpaired) electrons. The summed E-state index contributed by atoms with van der Waals surface area (Å²) < 4.78 is 5.21. The molecule has 1 aromatic heterocycles. The van der Waals surface area contributed by atoms with Gasteiger partial charge in [-0.15, -0.1) is 11.3 Å². The first kappa shape index (κ1) is 21.3. The van der Waals surface area contributed by atoms with Crippen LogP contribution in [0, 0.1) is 0 Å². The second-order valence-corrected chi connectivity index (χ2v) is 8.13. The molecule has 0 spiro atoms. The minimum Gasteiger partial charge on any atom is -0.503 e. The average molecular weight is 449 g/mol. The zero-order chi connectivity index (χ0) is 22.8. The van der Waals surface area contributed by atoms with Gasteiger partial charge < -0.3 is 19.8 Å². The Hall–Kier alpha value is -3.91.